The fourth-order valence-electron chi connectivity index (χ4n) is 1.52. The van der Waals surface area contributed by atoms with Gasteiger partial charge in [0.1, 0.15) is 0 Å². The van der Waals surface area contributed by atoms with Crippen LogP contribution in [0.2, 0.25) is 0 Å². The third kappa shape index (κ3) is 3.58. The van der Waals surface area contributed by atoms with Crippen LogP contribution in [0.5, 0.6) is 5.75 Å². The largest absolute Gasteiger partial charge is 0.460 e. The fourth-order valence-corrected chi connectivity index (χ4v) is 1.68. The zero-order valence-corrected chi connectivity index (χ0v) is 10.6. The quantitative estimate of drug-likeness (QED) is 0.251. The predicted octanol–water partition coefficient (Wildman–Crippen LogP) is 3.10. The Morgan fingerprint density at radius 3 is 2.83 bits per heavy atom. The Hall–Kier alpha value is -1.33. The molecule has 1 aliphatic rings. The van der Waals surface area contributed by atoms with Gasteiger partial charge in [-0.25, -0.2) is 0 Å². The highest BCUT2D eigenvalue weighted by Crippen LogP contribution is 2.30. The average molecular weight is 272 g/mol. The van der Waals surface area contributed by atoms with Crippen molar-refractivity contribution in [1.29, 1.82) is 0 Å². The molecule has 0 atom stereocenters. The van der Waals surface area contributed by atoms with Gasteiger partial charge in [-0.05, 0) is 30.4 Å². The molecular weight excluding hydrogens is 258 g/mol. The van der Waals surface area contributed by atoms with E-state index in [1.54, 1.807) is 12.1 Å². The second-order valence-corrected chi connectivity index (χ2v) is 4.54. The van der Waals surface area contributed by atoms with Crippen molar-refractivity contribution in [1.82, 2.24) is 0 Å². The first kappa shape index (κ1) is 13.1. The molecule has 0 spiro atoms. The van der Waals surface area contributed by atoms with E-state index in [0.717, 1.165) is 0 Å². The summed E-state index contributed by atoms with van der Waals surface area (Å²) in [5.41, 5.74) is 0.609. The monoisotopic (exact) mass is 271 g/mol. The minimum atomic E-state index is -0.480. The van der Waals surface area contributed by atoms with Crippen LogP contribution in [-0.4, -0.2) is 18.3 Å². The van der Waals surface area contributed by atoms with Gasteiger partial charge < -0.3 is 9.47 Å². The molecule has 1 saturated carbocycles. The first-order valence-electron chi connectivity index (χ1n) is 5.74. The Morgan fingerprint density at radius 2 is 2.22 bits per heavy atom. The summed E-state index contributed by atoms with van der Waals surface area (Å²) in [4.78, 5) is 10.4. The summed E-state index contributed by atoms with van der Waals surface area (Å²) in [6.07, 6.45) is 2.40. The van der Waals surface area contributed by atoms with Gasteiger partial charge in [0.05, 0.1) is 11.5 Å². The molecule has 0 amide bonds. The second-order valence-electron chi connectivity index (χ2n) is 4.27. The van der Waals surface area contributed by atoms with E-state index in [1.165, 1.54) is 18.9 Å². The Labute approximate surface area is 110 Å². The second kappa shape index (κ2) is 6.02. The molecule has 0 saturated heterocycles. The molecule has 0 bridgehead atoms. The van der Waals surface area contributed by atoms with Gasteiger partial charge in [0, 0.05) is 11.9 Å². The summed E-state index contributed by atoms with van der Waals surface area (Å²) in [5, 5.41) is 10.9. The number of nitro groups is 1. The summed E-state index contributed by atoms with van der Waals surface area (Å²) in [7, 11) is 0. The minimum Gasteiger partial charge on any atom is -0.460 e. The molecule has 0 aromatic heterocycles. The third-order valence-electron chi connectivity index (χ3n) is 2.72. The lowest BCUT2D eigenvalue weighted by Crippen LogP contribution is -2.06. The molecule has 98 valence electrons. The molecule has 0 heterocycles. The van der Waals surface area contributed by atoms with Crippen LogP contribution >= 0.6 is 11.6 Å². The maximum absolute atomic E-state index is 10.9. The van der Waals surface area contributed by atoms with Crippen molar-refractivity contribution >= 4 is 17.3 Å². The van der Waals surface area contributed by atoms with Crippen LogP contribution in [0.15, 0.2) is 18.2 Å². The lowest BCUT2D eigenvalue weighted by atomic mass is 10.2. The SMILES string of the molecule is O=[N+]([O-])c1cc(CCl)ccc1OCOCC1CC1. The molecule has 18 heavy (non-hydrogen) atoms. The highest BCUT2D eigenvalue weighted by molar-refractivity contribution is 6.17. The molecule has 0 aliphatic heterocycles. The van der Waals surface area contributed by atoms with Crippen molar-refractivity contribution in [3.05, 3.63) is 33.9 Å². The van der Waals surface area contributed by atoms with E-state index >= 15 is 0 Å². The predicted molar refractivity (Wildman–Crippen MR) is 66.8 cm³/mol. The van der Waals surface area contributed by atoms with Crippen LogP contribution in [0.1, 0.15) is 18.4 Å². The fraction of sp³-hybridized carbons (Fsp3) is 0.500. The number of ether oxygens (including phenoxy) is 2. The number of nitro benzene ring substituents is 1. The topological polar surface area (TPSA) is 61.6 Å². The normalized spacial score (nSPS) is 14.5. The van der Waals surface area contributed by atoms with E-state index in [1.807, 2.05) is 0 Å². The first-order valence-corrected chi connectivity index (χ1v) is 6.28. The third-order valence-corrected chi connectivity index (χ3v) is 3.03. The standard InChI is InChI=1S/C12H14ClNO4/c13-6-10-3-4-12(11(5-10)14(15)16)18-8-17-7-9-1-2-9/h3-5,9H,1-2,6-8H2. The molecular formula is C12H14ClNO4. The number of nitrogens with zero attached hydrogens (tertiary/aromatic N) is 1. The summed E-state index contributed by atoms with van der Waals surface area (Å²) in [5.74, 6) is 1.09. The van der Waals surface area contributed by atoms with E-state index in [4.69, 9.17) is 21.1 Å². The van der Waals surface area contributed by atoms with Crippen molar-refractivity contribution in [3.8, 4) is 5.75 Å². The van der Waals surface area contributed by atoms with Gasteiger partial charge in [0.25, 0.3) is 0 Å². The van der Waals surface area contributed by atoms with E-state index in [9.17, 15) is 10.1 Å². The summed E-state index contributed by atoms with van der Waals surface area (Å²) < 4.78 is 10.6. The Bertz CT molecular complexity index is 434. The van der Waals surface area contributed by atoms with Crippen molar-refractivity contribution in [2.75, 3.05) is 13.4 Å². The Kier molecular flexibility index (Phi) is 4.38. The number of halogens is 1. The molecule has 1 aliphatic carbocycles. The molecule has 6 heteroatoms. The highest BCUT2D eigenvalue weighted by Gasteiger charge is 2.21. The van der Waals surface area contributed by atoms with Crippen molar-refractivity contribution in [3.63, 3.8) is 0 Å². The molecule has 0 radical (unpaired) electrons. The minimum absolute atomic E-state index is 0.0392. The lowest BCUT2D eigenvalue weighted by molar-refractivity contribution is -0.386. The van der Waals surface area contributed by atoms with Crippen LogP contribution < -0.4 is 4.74 Å². The molecule has 0 N–H and O–H groups in total. The van der Waals surface area contributed by atoms with Crippen LogP contribution in [0, 0.1) is 16.0 Å². The average Bonchev–Trinajstić information content (AvgIpc) is 3.18. The van der Waals surface area contributed by atoms with E-state index in [-0.39, 0.29) is 24.1 Å². The van der Waals surface area contributed by atoms with Gasteiger partial charge in [0.2, 0.25) is 0 Å². The van der Waals surface area contributed by atoms with Gasteiger partial charge in [0.15, 0.2) is 12.5 Å². The van der Waals surface area contributed by atoms with Crippen molar-refractivity contribution in [2.24, 2.45) is 5.92 Å². The molecule has 1 fully saturated rings. The number of alkyl halides is 1. The van der Waals surface area contributed by atoms with Gasteiger partial charge in [-0.2, -0.15) is 0 Å². The molecule has 1 aromatic rings. The van der Waals surface area contributed by atoms with Crippen LogP contribution in [0.4, 0.5) is 5.69 Å². The van der Waals surface area contributed by atoms with Gasteiger partial charge in [-0.15, -0.1) is 11.6 Å². The smallest absolute Gasteiger partial charge is 0.311 e. The molecule has 1 aromatic carbocycles. The van der Waals surface area contributed by atoms with Gasteiger partial charge >= 0.3 is 5.69 Å². The summed E-state index contributed by atoms with van der Waals surface area (Å²) in [6, 6.07) is 4.68. The molecule has 5 nitrogen and oxygen atoms in total. The van der Waals surface area contributed by atoms with Crippen molar-refractivity contribution < 1.29 is 14.4 Å². The molecule has 0 unspecified atom stereocenters. The zero-order chi connectivity index (χ0) is 13.0. The van der Waals surface area contributed by atoms with Crippen LogP contribution in [0.3, 0.4) is 0 Å². The Balaban J connectivity index is 1.94. The Morgan fingerprint density at radius 1 is 1.44 bits per heavy atom. The lowest BCUT2D eigenvalue weighted by Gasteiger charge is -2.08. The summed E-state index contributed by atoms with van der Waals surface area (Å²) >= 11 is 5.64. The van der Waals surface area contributed by atoms with E-state index in [2.05, 4.69) is 0 Å². The first-order chi connectivity index (χ1) is 8.70. The summed E-state index contributed by atoms with van der Waals surface area (Å²) in [6.45, 7) is 0.700. The van der Waals surface area contributed by atoms with Crippen molar-refractivity contribution in [2.45, 2.75) is 18.7 Å². The molecule has 2 rings (SSSR count). The maximum atomic E-state index is 10.9. The van der Waals surface area contributed by atoms with E-state index < -0.39 is 4.92 Å². The number of hydrogen-bond acceptors (Lipinski definition) is 4. The van der Waals surface area contributed by atoms with Crippen LogP contribution in [-0.2, 0) is 10.6 Å². The number of rotatable bonds is 7. The van der Waals surface area contributed by atoms with Gasteiger partial charge in [-0.3, -0.25) is 10.1 Å². The number of hydrogen-bond donors (Lipinski definition) is 0. The zero-order valence-electron chi connectivity index (χ0n) is 9.80. The number of benzene rings is 1. The van der Waals surface area contributed by atoms with E-state index in [0.29, 0.717) is 18.1 Å². The maximum Gasteiger partial charge on any atom is 0.311 e. The van der Waals surface area contributed by atoms with Gasteiger partial charge in [-0.1, -0.05) is 6.07 Å². The van der Waals surface area contributed by atoms with Crippen LogP contribution in [0.25, 0.3) is 0 Å². The highest BCUT2D eigenvalue weighted by atomic mass is 35.5.